The lowest BCUT2D eigenvalue weighted by Crippen LogP contribution is -2.05. The summed E-state index contributed by atoms with van der Waals surface area (Å²) in [6.07, 6.45) is 2.11. The molecule has 0 unspecified atom stereocenters. The summed E-state index contributed by atoms with van der Waals surface area (Å²) in [6, 6.07) is 2.82. The van der Waals surface area contributed by atoms with E-state index >= 15 is 0 Å². The van der Waals surface area contributed by atoms with Crippen LogP contribution in [0.15, 0.2) is 12.1 Å². The van der Waals surface area contributed by atoms with Gasteiger partial charge in [0, 0.05) is 18.0 Å². The molecule has 0 heterocycles. The Morgan fingerprint density at radius 3 is 2.19 bits per heavy atom. The molecule has 1 aromatic rings. The van der Waals surface area contributed by atoms with Crippen molar-refractivity contribution in [2.75, 3.05) is 18.1 Å². The molecule has 0 saturated heterocycles. The number of aromatic carboxylic acids is 1. The number of nitrogen functional groups attached to an aromatic ring is 2. The predicted molar refractivity (Wildman–Crippen MR) is 62.2 cm³/mol. The van der Waals surface area contributed by atoms with Gasteiger partial charge in [-0.15, -0.1) is 0 Å². The van der Waals surface area contributed by atoms with Crippen LogP contribution in [0.5, 0.6) is 0 Å². The maximum atomic E-state index is 10.7. The molecule has 5 nitrogen and oxygen atoms in total. The molecule has 0 aromatic heterocycles. The van der Waals surface area contributed by atoms with Gasteiger partial charge in [-0.3, -0.25) is 0 Å². The topological polar surface area (TPSA) is 110 Å². The van der Waals surface area contributed by atoms with Crippen molar-refractivity contribution in [2.24, 2.45) is 0 Å². The second-order valence-electron chi connectivity index (χ2n) is 3.62. The minimum atomic E-state index is -1.04. The molecule has 1 rings (SSSR count). The molecule has 88 valence electrons. The molecule has 0 saturated carbocycles. The van der Waals surface area contributed by atoms with Gasteiger partial charge in [-0.25, -0.2) is 4.79 Å². The Bertz CT molecular complexity index is 368. The minimum absolute atomic E-state index is 0.0981. The van der Waals surface area contributed by atoms with E-state index in [1.807, 2.05) is 0 Å². The molecule has 0 amide bonds. The van der Waals surface area contributed by atoms with Gasteiger partial charge in [0.05, 0.1) is 5.56 Å². The standard InChI is InChI=1S/C11H16N2O3/c12-9-5-7(11(15)16)6-10(13)8(9)3-1-2-4-14/h5-6,14H,1-4,12-13H2,(H,15,16). The van der Waals surface area contributed by atoms with Crippen molar-refractivity contribution in [3.8, 4) is 0 Å². The lowest BCUT2D eigenvalue weighted by Gasteiger charge is -2.10. The first-order chi connectivity index (χ1) is 7.56. The third-order valence-corrected chi connectivity index (χ3v) is 2.40. The zero-order valence-electron chi connectivity index (χ0n) is 8.94. The summed E-state index contributed by atoms with van der Waals surface area (Å²) in [5.74, 6) is -1.04. The van der Waals surface area contributed by atoms with Crippen molar-refractivity contribution < 1.29 is 15.0 Å². The summed E-state index contributed by atoms with van der Waals surface area (Å²) in [6.45, 7) is 0.132. The smallest absolute Gasteiger partial charge is 0.335 e. The number of nitrogens with two attached hydrogens (primary N) is 2. The number of aliphatic hydroxyl groups excluding tert-OH is 1. The fourth-order valence-corrected chi connectivity index (χ4v) is 1.54. The van der Waals surface area contributed by atoms with E-state index < -0.39 is 5.97 Å². The van der Waals surface area contributed by atoms with Crippen LogP contribution in [-0.2, 0) is 6.42 Å². The number of anilines is 2. The molecular weight excluding hydrogens is 208 g/mol. The molecule has 0 atom stereocenters. The second-order valence-corrected chi connectivity index (χ2v) is 3.62. The molecule has 0 aliphatic heterocycles. The molecule has 0 bridgehead atoms. The average molecular weight is 224 g/mol. The zero-order valence-corrected chi connectivity index (χ0v) is 8.94. The highest BCUT2D eigenvalue weighted by atomic mass is 16.4. The lowest BCUT2D eigenvalue weighted by atomic mass is 10.0. The molecule has 0 aliphatic carbocycles. The van der Waals surface area contributed by atoms with Crippen LogP contribution in [0.3, 0.4) is 0 Å². The van der Waals surface area contributed by atoms with Crippen LogP contribution >= 0.6 is 0 Å². The highest BCUT2D eigenvalue weighted by Gasteiger charge is 2.10. The van der Waals surface area contributed by atoms with Crippen molar-refractivity contribution in [3.05, 3.63) is 23.3 Å². The number of rotatable bonds is 5. The van der Waals surface area contributed by atoms with Crippen LogP contribution in [-0.4, -0.2) is 22.8 Å². The lowest BCUT2D eigenvalue weighted by molar-refractivity contribution is 0.0697. The number of hydrogen-bond donors (Lipinski definition) is 4. The summed E-state index contributed by atoms with van der Waals surface area (Å²) in [5.41, 5.74) is 13.1. The van der Waals surface area contributed by atoms with Crippen molar-refractivity contribution in [1.29, 1.82) is 0 Å². The number of aliphatic hydroxyl groups is 1. The highest BCUT2D eigenvalue weighted by molar-refractivity contribution is 5.90. The summed E-state index contributed by atoms with van der Waals surface area (Å²) in [4.78, 5) is 10.7. The van der Waals surface area contributed by atoms with Gasteiger partial charge in [-0.05, 0) is 37.0 Å². The first-order valence-electron chi connectivity index (χ1n) is 5.08. The van der Waals surface area contributed by atoms with Gasteiger partial charge in [0.1, 0.15) is 0 Å². The van der Waals surface area contributed by atoms with Gasteiger partial charge in [-0.1, -0.05) is 0 Å². The Hall–Kier alpha value is -1.75. The Morgan fingerprint density at radius 1 is 1.19 bits per heavy atom. The van der Waals surface area contributed by atoms with Crippen LogP contribution in [0.25, 0.3) is 0 Å². The zero-order chi connectivity index (χ0) is 12.1. The summed E-state index contributed by atoms with van der Waals surface area (Å²) in [5, 5.41) is 17.5. The molecule has 0 spiro atoms. The highest BCUT2D eigenvalue weighted by Crippen LogP contribution is 2.24. The number of carboxylic acids is 1. The van der Waals surface area contributed by atoms with E-state index in [2.05, 4.69) is 0 Å². The Morgan fingerprint density at radius 2 is 1.75 bits per heavy atom. The van der Waals surface area contributed by atoms with E-state index in [4.69, 9.17) is 21.7 Å². The number of carboxylic acid groups (broad SMARTS) is 1. The van der Waals surface area contributed by atoms with Gasteiger partial charge < -0.3 is 21.7 Å². The maximum Gasteiger partial charge on any atom is 0.335 e. The van der Waals surface area contributed by atoms with Crippen LogP contribution in [0.4, 0.5) is 11.4 Å². The quantitative estimate of drug-likeness (QED) is 0.438. The molecule has 16 heavy (non-hydrogen) atoms. The summed E-state index contributed by atoms with van der Waals surface area (Å²) < 4.78 is 0. The summed E-state index contributed by atoms with van der Waals surface area (Å²) in [7, 11) is 0. The maximum absolute atomic E-state index is 10.7. The molecule has 5 heteroatoms. The third-order valence-electron chi connectivity index (χ3n) is 2.40. The van der Waals surface area contributed by atoms with Gasteiger partial charge >= 0.3 is 5.97 Å². The molecule has 0 fully saturated rings. The van der Waals surface area contributed by atoms with Crippen molar-refractivity contribution in [3.63, 3.8) is 0 Å². The van der Waals surface area contributed by atoms with Gasteiger partial charge in [0.15, 0.2) is 0 Å². The van der Waals surface area contributed by atoms with Crippen LogP contribution in [0.1, 0.15) is 28.8 Å². The first kappa shape index (κ1) is 12.3. The number of benzene rings is 1. The van der Waals surface area contributed by atoms with Crippen LogP contribution < -0.4 is 11.5 Å². The first-order valence-corrected chi connectivity index (χ1v) is 5.08. The van der Waals surface area contributed by atoms with Crippen molar-refractivity contribution in [2.45, 2.75) is 19.3 Å². The van der Waals surface area contributed by atoms with E-state index in [1.54, 1.807) is 0 Å². The fourth-order valence-electron chi connectivity index (χ4n) is 1.54. The van der Waals surface area contributed by atoms with Gasteiger partial charge in [0.25, 0.3) is 0 Å². The third kappa shape index (κ3) is 2.87. The van der Waals surface area contributed by atoms with E-state index in [-0.39, 0.29) is 12.2 Å². The number of hydrogen-bond acceptors (Lipinski definition) is 4. The van der Waals surface area contributed by atoms with E-state index in [0.29, 0.717) is 24.2 Å². The molecule has 0 radical (unpaired) electrons. The Balaban J connectivity index is 2.89. The van der Waals surface area contributed by atoms with E-state index in [0.717, 1.165) is 12.0 Å². The van der Waals surface area contributed by atoms with Crippen molar-refractivity contribution in [1.82, 2.24) is 0 Å². The summed E-state index contributed by atoms with van der Waals surface area (Å²) >= 11 is 0. The monoisotopic (exact) mass is 224 g/mol. The van der Waals surface area contributed by atoms with Gasteiger partial charge in [-0.2, -0.15) is 0 Å². The fraction of sp³-hybridized carbons (Fsp3) is 0.364. The Labute approximate surface area is 93.7 Å². The number of unbranched alkanes of at least 4 members (excludes halogenated alkanes) is 1. The number of carbonyl (C=O) groups is 1. The van der Waals surface area contributed by atoms with Crippen LogP contribution in [0, 0.1) is 0 Å². The SMILES string of the molecule is Nc1cc(C(=O)O)cc(N)c1CCCCO. The minimum Gasteiger partial charge on any atom is -0.478 e. The van der Waals surface area contributed by atoms with Gasteiger partial charge in [0.2, 0.25) is 0 Å². The molecule has 0 aliphatic rings. The van der Waals surface area contributed by atoms with Crippen LogP contribution in [0.2, 0.25) is 0 Å². The van der Waals surface area contributed by atoms with E-state index in [1.165, 1.54) is 12.1 Å². The normalized spacial score (nSPS) is 10.3. The largest absolute Gasteiger partial charge is 0.478 e. The van der Waals surface area contributed by atoms with E-state index in [9.17, 15) is 4.79 Å². The molecular formula is C11H16N2O3. The van der Waals surface area contributed by atoms with Crippen molar-refractivity contribution >= 4 is 17.3 Å². The molecule has 6 N–H and O–H groups in total. The molecule has 1 aromatic carbocycles. The second kappa shape index (κ2) is 5.37. The average Bonchev–Trinajstić information content (AvgIpc) is 2.21. The Kier molecular flexibility index (Phi) is 4.13. The predicted octanol–water partition coefficient (Wildman–Crippen LogP) is 0.864.